The van der Waals surface area contributed by atoms with Gasteiger partial charge in [-0.15, -0.1) is 0 Å². The molecule has 0 N–H and O–H groups in total. The molecule has 3 aromatic heterocycles. The van der Waals surface area contributed by atoms with E-state index in [0.717, 1.165) is 45.1 Å². The minimum Gasteiger partial charge on any atom is -0.457 e. The number of hydrogen-bond acceptors (Lipinski definition) is 4. The molecule has 0 saturated heterocycles. The summed E-state index contributed by atoms with van der Waals surface area (Å²) >= 11 is 0. The molecule has 5 rings (SSSR count). The highest BCUT2D eigenvalue weighted by molar-refractivity contribution is 5.76. The van der Waals surface area contributed by atoms with E-state index in [0.29, 0.717) is 0 Å². The smallest absolute Gasteiger partial charge is 0.131 e. The summed E-state index contributed by atoms with van der Waals surface area (Å²) < 4.78 is 11.6. The zero-order valence-corrected chi connectivity index (χ0v) is 12.6. The van der Waals surface area contributed by atoms with Gasteiger partial charge in [-0.2, -0.15) is 0 Å². The summed E-state index contributed by atoms with van der Waals surface area (Å²) in [7, 11) is 0. The molecule has 0 saturated carbocycles. The van der Waals surface area contributed by atoms with Crippen molar-refractivity contribution in [2.24, 2.45) is 0 Å². The van der Waals surface area contributed by atoms with Gasteiger partial charge in [0.2, 0.25) is 0 Å². The van der Waals surface area contributed by atoms with Crippen LogP contribution < -0.4 is 0 Å². The fourth-order valence-electron chi connectivity index (χ4n) is 2.74. The Kier molecular flexibility index (Phi) is 2.76. The lowest BCUT2D eigenvalue weighted by molar-refractivity contribution is 0.653. The van der Waals surface area contributed by atoms with Crippen LogP contribution in [0.1, 0.15) is 22.8 Å². The summed E-state index contributed by atoms with van der Waals surface area (Å²) in [6, 6.07) is 15.3. The van der Waals surface area contributed by atoms with E-state index in [9.17, 15) is 0 Å². The van der Waals surface area contributed by atoms with Crippen LogP contribution in [0.3, 0.4) is 0 Å². The number of aromatic nitrogens is 2. The molecule has 0 unspecified atom stereocenters. The Labute approximate surface area is 137 Å². The zero-order chi connectivity index (χ0) is 15.9. The third-order valence-electron chi connectivity index (χ3n) is 3.82. The van der Waals surface area contributed by atoms with E-state index in [2.05, 4.69) is 9.97 Å². The van der Waals surface area contributed by atoms with E-state index in [1.807, 2.05) is 72.8 Å². The molecule has 114 valence electrons. The van der Waals surface area contributed by atoms with Gasteiger partial charge in [-0.25, -0.2) is 9.97 Å². The first-order valence-corrected chi connectivity index (χ1v) is 7.66. The fourth-order valence-corrected chi connectivity index (χ4v) is 2.74. The highest BCUT2D eigenvalue weighted by Gasteiger charge is 2.03. The Bertz CT molecular complexity index is 1070. The second-order valence-corrected chi connectivity index (χ2v) is 5.65. The summed E-state index contributed by atoms with van der Waals surface area (Å²) in [6.07, 6.45) is 7.86. The highest BCUT2D eigenvalue weighted by Crippen LogP contribution is 2.19. The van der Waals surface area contributed by atoms with Crippen LogP contribution in [0.25, 0.3) is 46.6 Å². The number of rotatable bonds is 0. The summed E-state index contributed by atoms with van der Waals surface area (Å²) in [5, 5.41) is 0. The fraction of sp³-hybridized carbons (Fsp3) is 0. The van der Waals surface area contributed by atoms with Crippen molar-refractivity contribution in [3.63, 3.8) is 0 Å². The first-order chi connectivity index (χ1) is 11.8. The minimum atomic E-state index is 0.737. The second kappa shape index (κ2) is 5.06. The predicted octanol–water partition coefficient (Wildman–Crippen LogP) is 5.19. The lowest BCUT2D eigenvalue weighted by Gasteiger charge is -1.85. The average molecular weight is 312 g/mol. The lowest BCUT2D eigenvalue weighted by Crippen LogP contribution is -1.76. The molecule has 8 bridgehead atoms. The molecule has 24 heavy (non-hydrogen) atoms. The normalized spacial score (nSPS) is 12.7. The van der Waals surface area contributed by atoms with Gasteiger partial charge in [-0.1, -0.05) is 0 Å². The van der Waals surface area contributed by atoms with Crippen LogP contribution in [-0.4, -0.2) is 9.97 Å². The van der Waals surface area contributed by atoms with Crippen molar-refractivity contribution >= 4 is 46.6 Å². The third-order valence-corrected chi connectivity index (χ3v) is 3.82. The van der Waals surface area contributed by atoms with Crippen molar-refractivity contribution in [1.29, 1.82) is 0 Å². The topological polar surface area (TPSA) is 52.1 Å². The molecule has 3 aromatic rings. The monoisotopic (exact) mass is 312 g/mol. The van der Waals surface area contributed by atoms with Crippen molar-refractivity contribution in [3.05, 3.63) is 71.3 Å². The molecule has 2 aliphatic rings. The first-order valence-electron chi connectivity index (χ1n) is 7.66. The maximum absolute atomic E-state index is 5.80. The quantitative estimate of drug-likeness (QED) is 0.395. The van der Waals surface area contributed by atoms with Gasteiger partial charge >= 0.3 is 0 Å². The Hall–Kier alpha value is -3.40. The molecular formula is C20H12N2O2. The SMILES string of the molecule is C1=Cc2cc3ccc(cc4ccc(cc5nc(cc1n2)C=C5)o4)o3. The third kappa shape index (κ3) is 2.44. The molecule has 0 aliphatic carbocycles. The predicted molar refractivity (Wildman–Crippen MR) is 94.7 cm³/mol. The van der Waals surface area contributed by atoms with Gasteiger partial charge < -0.3 is 8.83 Å². The first kappa shape index (κ1) is 13.1. The molecular weight excluding hydrogens is 300 g/mol. The molecule has 4 nitrogen and oxygen atoms in total. The molecule has 0 atom stereocenters. The van der Waals surface area contributed by atoms with Gasteiger partial charge in [0.25, 0.3) is 0 Å². The average Bonchev–Trinajstić information content (AvgIpc) is 3.32. The summed E-state index contributed by atoms with van der Waals surface area (Å²) in [4.78, 5) is 9.14. The van der Waals surface area contributed by atoms with Gasteiger partial charge in [-0.3, -0.25) is 0 Å². The standard InChI is InChI=1S/C20H12N2O2/c1-3-15-10-17-5-7-19(23-17)12-20-8-6-18(24-20)11-16-4-2-14(22-16)9-13(1)21-15/h1-12H. The highest BCUT2D eigenvalue weighted by atomic mass is 16.3. The molecule has 0 aromatic carbocycles. The van der Waals surface area contributed by atoms with Crippen molar-refractivity contribution in [2.75, 3.05) is 0 Å². The van der Waals surface area contributed by atoms with Gasteiger partial charge in [0.05, 0.1) is 22.8 Å². The van der Waals surface area contributed by atoms with E-state index in [1.165, 1.54) is 0 Å². The van der Waals surface area contributed by atoms with Crippen molar-refractivity contribution in [1.82, 2.24) is 9.97 Å². The van der Waals surface area contributed by atoms with E-state index < -0.39 is 0 Å². The van der Waals surface area contributed by atoms with E-state index in [-0.39, 0.29) is 0 Å². The van der Waals surface area contributed by atoms with E-state index >= 15 is 0 Å². The lowest BCUT2D eigenvalue weighted by atomic mass is 10.3. The molecule has 4 heteroatoms. The van der Waals surface area contributed by atoms with Crippen LogP contribution in [0.15, 0.2) is 57.4 Å². The van der Waals surface area contributed by atoms with Crippen LogP contribution >= 0.6 is 0 Å². The van der Waals surface area contributed by atoms with Crippen molar-refractivity contribution < 1.29 is 8.83 Å². The van der Waals surface area contributed by atoms with E-state index in [4.69, 9.17) is 8.83 Å². The Morgan fingerprint density at radius 3 is 1.29 bits per heavy atom. The molecule has 0 fully saturated rings. The van der Waals surface area contributed by atoms with Crippen LogP contribution in [0, 0.1) is 0 Å². The summed E-state index contributed by atoms with van der Waals surface area (Å²) in [5.74, 6) is 0. The number of fused-ring (bicyclic) bond motifs is 8. The maximum atomic E-state index is 5.80. The Morgan fingerprint density at radius 2 is 0.833 bits per heavy atom. The largest absolute Gasteiger partial charge is 0.457 e. The molecule has 0 amide bonds. The van der Waals surface area contributed by atoms with Crippen molar-refractivity contribution in [3.8, 4) is 0 Å². The second-order valence-electron chi connectivity index (χ2n) is 5.65. The maximum Gasteiger partial charge on any atom is 0.131 e. The van der Waals surface area contributed by atoms with Crippen LogP contribution in [0.5, 0.6) is 0 Å². The Balaban J connectivity index is 1.85. The molecule has 0 radical (unpaired) electrons. The van der Waals surface area contributed by atoms with Crippen LogP contribution in [-0.2, 0) is 0 Å². The van der Waals surface area contributed by atoms with Gasteiger partial charge in [-0.05, 0) is 54.6 Å². The van der Waals surface area contributed by atoms with E-state index in [1.54, 1.807) is 0 Å². The van der Waals surface area contributed by atoms with Gasteiger partial charge in [0.1, 0.15) is 22.3 Å². The molecule has 0 spiro atoms. The number of furan rings is 2. The van der Waals surface area contributed by atoms with Gasteiger partial charge in [0.15, 0.2) is 0 Å². The zero-order valence-electron chi connectivity index (χ0n) is 12.6. The molecule has 2 aliphatic heterocycles. The minimum absolute atomic E-state index is 0.737. The summed E-state index contributed by atoms with van der Waals surface area (Å²) in [5.41, 5.74) is 6.44. The Morgan fingerprint density at radius 1 is 0.458 bits per heavy atom. The van der Waals surface area contributed by atoms with Crippen LogP contribution in [0.4, 0.5) is 0 Å². The number of nitrogens with zero attached hydrogens (tertiary/aromatic N) is 2. The van der Waals surface area contributed by atoms with Crippen molar-refractivity contribution in [2.45, 2.75) is 0 Å². The molecule has 5 heterocycles. The van der Waals surface area contributed by atoms with Crippen LogP contribution in [0.2, 0.25) is 0 Å². The van der Waals surface area contributed by atoms with Gasteiger partial charge in [0, 0.05) is 18.2 Å². The summed E-state index contributed by atoms with van der Waals surface area (Å²) in [6.45, 7) is 0. The number of hydrogen-bond donors (Lipinski definition) is 0.